The molecule has 2 aliphatic heterocycles. The van der Waals surface area contributed by atoms with Crippen LogP contribution in [0.15, 0.2) is 30.3 Å². The van der Waals surface area contributed by atoms with Gasteiger partial charge in [-0.05, 0) is 30.3 Å². The van der Waals surface area contributed by atoms with E-state index in [4.69, 9.17) is 9.47 Å². The van der Waals surface area contributed by atoms with Crippen molar-refractivity contribution in [1.82, 2.24) is 14.5 Å². The Bertz CT molecular complexity index is 878. The second-order valence-corrected chi connectivity index (χ2v) is 7.98. The summed E-state index contributed by atoms with van der Waals surface area (Å²) in [6.07, 6.45) is 1.24. The lowest BCUT2D eigenvalue weighted by Gasteiger charge is -2.33. The van der Waals surface area contributed by atoms with E-state index in [9.17, 15) is 8.42 Å². The highest BCUT2D eigenvalue weighted by molar-refractivity contribution is 7.88. The van der Waals surface area contributed by atoms with Gasteiger partial charge in [-0.15, -0.1) is 10.2 Å². The summed E-state index contributed by atoms with van der Waals surface area (Å²) in [5.74, 6) is 2.19. The molecule has 4 rings (SSSR count). The molecule has 0 radical (unpaired) electrons. The predicted molar refractivity (Wildman–Crippen MR) is 92.2 cm³/mol. The maximum Gasteiger partial charge on any atom is 0.231 e. The Labute approximate surface area is 146 Å². The maximum absolute atomic E-state index is 11.6. The van der Waals surface area contributed by atoms with E-state index in [2.05, 4.69) is 10.2 Å². The van der Waals surface area contributed by atoms with Gasteiger partial charge >= 0.3 is 0 Å². The summed E-state index contributed by atoms with van der Waals surface area (Å²) in [7, 11) is -3.13. The highest BCUT2D eigenvalue weighted by Crippen LogP contribution is 2.35. The van der Waals surface area contributed by atoms with Crippen LogP contribution >= 0.6 is 0 Å². The van der Waals surface area contributed by atoms with Gasteiger partial charge in [0.1, 0.15) is 0 Å². The summed E-state index contributed by atoms with van der Waals surface area (Å²) in [4.78, 5) is 2.04. The number of hydrogen-bond donors (Lipinski definition) is 0. The first kappa shape index (κ1) is 16.1. The molecule has 1 saturated heterocycles. The number of hydrogen-bond acceptors (Lipinski definition) is 7. The van der Waals surface area contributed by atoms with Crippen molar-refractivity contribution in [2.75, 3.05) is 44.1 Å². The average molecular weight is 362 g/mol. The molecule has 25 heavy (non-hydrogen) atoms. The number of aromatic nitrogens is 2. The van der Waals surface area contributed by atoms with E-state index in [1.54, 1.807) is 0 Å². The van der Waals surface area contributed by atoms with Crippen molar-refractivity contribution in [2.45, 2.75) is 0 Å². The summed E-state index contributed by atoms with van der Waals surface area (Å²) in [6, 6.07) is 9.47. The van der Waals surface area contributed by atoms with Gasteiger partial charge in [0.2, 0.25) is 16.8 Å². The number of rotatable bonds is 3. The first-order valence-corrected chi connectivity index (χ1v) is 9.79. The van der Waals surface area contributed by atoms with Crippen molar-refractivity contribution >= 4 is 15.8 Å². The van der Waals surface area contributed by atoms with Crippen molar-refractivity contribution < 1.29 is 17.9 Å². The summed E-state index contributed by atoms with van der Waals surface area (Å²) in [6.45, 7) is 2.37. The third-order valence-corrected chi connectivity index (χ3v) is 5.65. The normalized spacial score (nSPS) is 17.7. The van der Waals surface area contributed by atoms with E-state index in [0.717, 1.165) is 22.8 Å². The Kier molecular flexibility index (Phi) is 3.97. The van der Waals surface area contributed by atoms with Crippen molar-refractivity contribution in [3.05, 3.63) is 30.3 Å². The van der Waals surface area contributed by atoms with Gasteiger partial charge in [0.05, 0.1) is 11.9 Å². The quantitative estimate of drug-likeness (QED) is 0.804. The van der Waals surface area contributed by atoms with Crippen LogP contribution in [0.3, 0.4) is 0 Å². The SMILES string of the molecule is CS(=O)(=O)N1CCN(c2ccc(-c3ccc4c(c3)OCO4)nn2)CC1. The van der Waals surface area contributed by atoms with E-state index in [-0.39, 0.29) is 6.79 Å². The zero-order chi connectivity index (χ0) is 17.4. The van der Waals surface area contributed by atoms with Crippen LogP contribution in [0.1, 0.15) is 0 Å². The highest BCUT2D eigenvalue weighted by atomic mass is 32.2. The molecule has 9 heteroatoms. The van der Waals surface area contributed by atoms with Crippen LogP contribution in [0.5, 0.6) is 11.5 Å². The summed E-state index contributed by atoms with van der Waals surface area (Å²) < 4.78 is 35.3. The second-order valence-electron chi connectivity index (χ2n) is 5.99. The average Bonchev–Trinajstić information content (AvgIpc) is 3.09. The van der Waals surface area contributed by atoms with E-state index in [1.807, 2.05) is 35.2 Å². The summed E-state index contributed by atoms with van der Waals surface area (Å²) >= 11 is 0. The van der Waals surface area contributed by atoms with Crippen molar-refractivity contribution in [3.8, 4) is 22.8 Å². The number of sulfonamides is 1. The van der Waals surface area contributed by atoms with Crippen LogP contribution in [-0.2, 0) is 10.0 Å². The van der Waals surface area contributed by atoms with Gasteiger partial charge in [-0.1, -0.05) is 0 Å². The topological polar surface area (TPSA) is 84.9 Å². The van der Waals surface area contributed by atoms with Gasteiger partial charge < -0.3 is 14.4 Å². The molecule has 0 saturated carbocycles. The maximum atomic E-state index is 11.6. The molecule has 0 bridgehead atoms. The number of fused-ring (bicyclic) bond motifs is 1. The monoisotopic (exact) mass is 362 g/mol. The molecule has 0 N–H and O–H groups in total. The molecule has 1 aromatic carbocycles. The highest BCUT2D eigenvalue weighted by Gasteiger charge is 2.24. The fourth-order valence-corrected chi connectivity index (χ4v) is 3.78. The van der Waals surface area contributed by atoms with Gasteiger partial charge in [-0.25, -0.2) is 8.42 Å². The second kappa shape index (κ2) is 6.16. The Morgan fingerprint density at radius 3 is 2.40 bits per heavy atom. The van der Waals surface area contributed by atoms with Gasteiger partial charge in [0, 0.05) is 31.7 Å². The smallest absolute Gasteiger partial charge is 0.231 e. The molecule has 1 aromatic heterocycles. The molecule has 3 heterocycles. The molecule has 0 spiro atoms. The molecule has 1 fully saturated rings. The summed E-state index contributed by atoms with van der Waals surface area (Å²) in [5.41, 5.74) is 1.65. The number of piperazine rings is 1. The van der Waals surface area contributed by atoms with E-state index < -0.39 is 10.0 Å². The Balaban J connectivity index is 1.48. The molecule has 8 nitrogen and oxygen atoms in total. The van der Waals surface area contributed by atoms with Gasteiger partial charge in [-0.2, -0.15) is 4.31 Å². The van der Waals surface area contributed by atoms with Crippen molar-refractivity contribution in [3.63, 3.8) is 0 Å². The summed E-state index contributed by atoms with van der Waals surface area (Å²) in [5, 5.41) is 8.59. The molecule has 0 atom stereocenters. The lowest BCUT2D eigenvalue weighted by Crippen LogP contribution is -2.48. The molecule has 2 aromatic rings. The zero-order valence-corrected chi connectivity index (χ0v) is 14.6. The van der Waals surface area contributed by atoms with E-state index in [1.165, 1.54) is 10.6 Å². The fraction of sp³-hybridized carbons (Fsp3) is 0.375. The van der Waals surface area contributed by atoms with E-state index >= 15 is 0 Å². The largest absolute Gasteiger partial charge is 0.454 e. The molecule has 0 aliphatic carbocycles. The van der Waals surface area contributed by atoms with Crippen molar-refractivity contribution in [2.24, 2.45) is 0 Å². The van der Waals surface area contributed by atoms with Crippen LogP contribution in [0.2, 0.25) is 0 Å². The Hall–Kier alpha value is -2.39. The van der Waals surface area contributed by atoms with Gasteiger partial charge in [0.15, 0.2) is 17.3 Å². The van der Waals surface area contributed by atoms with Crippen LogP contribution in [0.25, 0.3) is 11.3 Å². The fourth-order valence-electron chi connectivity index (χ4n) is 2.95. The number of anilines is 1. The number of benzene rings is 1. The molecule has 132 valence electrons. The third-order valence-electron chi connectivity index (χ3n) is 4.35. The van der Waals surface area contributed by atoms with Gasteiger partial charge in [0.25, 0.3) is 0 Å². The lowest BCUT2D eigenvalue weighted by atomic mass is 10.1. The predicted octanol–water partition coefficient (Wildman–Crippen LogP) is 0.954. The van der Waals surface area contributed by atoms with E-state index in [0.29, 0.717) is 31.9 Å². The molecular formula is C16H18N4O4S. The van der Waals surface area contributed by atoms with Crippen LogP contribution < -0.4 is 14.4 Å². The third kappa shape index (κ3) is 3.24. The number of ether oxygens (including phenoxy) is 2. The first-order valence-electron chi connectivity index (χ1n) is 7.94. The zero-order valence-electron chi connectivity index (χ0n) is 13.8. The van der Waals surface area contributed by atoms with Gasteiger partial charge in [-0.3, -0.25) is 0 Å². The minimum Gasteiger partial charge on any atom is -0.454 e. The minimum absolute atomic E-state index is 0.239. The van der Waals surface area contributed by atoms with Crippen LogP contribution in [-0.4, -0.2) is 62.1 Å². The molecular weight excluding hydrogens is 344 g/mol. The van der Waals surface area contributed by atoms with Crippen molar-refractivity contribution in [1.29, 1.82) is 0 Å². The first-order chi connectivity index (χ1) is 12.0. The standard InChI is InChI=1S/C16H18N4O4S/c1-25(21,22)20-8-6-19(7-9-20)16-5-3-13(17-18-16)12-2-4-14-15(10-12)24-11-23-14/h2-5,10H,6-9,11H2,1H3. The Morgan fingerprint density at radius 2 is 1.72 bits per heavy atom. The lowest BCUT2D eigenvalue weighted by molar-refractivity contribution is 0.174. The number of nitrogens with zero attached hydrogens (tertiary/aromatic N) is 4. The molecule has 0 unspecified atom stereocenters. The molecule has 2 aliphatic rings. The Morgan fingerprint density at radius 1 is 0.960 bits per heavy atom. The van der Waals surface area contributed by atoms with Crippen LogP contribution in [0.4, 0.5) is 5.82 Å². The minimum atomic E-state index is -3.13. The molecule has 0 amide bonds. The van der Waals surface area contributed by atoms with Crippen LogP contribution in [0, 0.1) is 0 Å².